The molecule has 0 amide bonds. The van der Waals surface area contributed by atoms with Crippen molar-refractivity contribution in [3.05, 3.63) is 59.3 Å². The number of anilines is 1. The molecule has 3 atom stereocenters. The fraction of sp³-hybridized carbons (Fsp3) is 0.480. The molecular formula is C25H29N3O2. The molecule has 2 bridgehead atoms. The molecule has 1 aromatic carbocycles. The summed E-state index contributed by atoms with van der Waals surface area (Å²) in [7, 11) is 0. The number of pyridine rings is 1. The molecule has 1 unspecified atom stereocenters. The van der Waals surface area contributed by atoms with Gasteiger partial charge in [-0.05, 0) is 49.9 Å². The summed E-state index contributed by atoms with van der Waals surface area (Å²) < 4.78 is 0. The van der Waals surface area contributed by atoms with E-state index in [0.717, 1.165) is 61.5 Å². The van der Waals surface area contributed by atoms with Crippen molar-refractivity contribution in [2.24, 2.45) is 5.92 Å². The van der Waals surface area contributed by atoms with Crippen LogP contribution < -0.4 is 4.90 Å². The van der Waals surface area contributed by atoms with Crippen LogP contribution in [0.5, 0.6) is 0 Å². The maximum Gasteiger partial charge on any atom is 0.128 e. The number of terminal acetylenes is 1. The van der Waals surface area contributed by atoms with Crippen LogP contribution >= 0.6 is 0 Å². The summed E-state index contributed by atoms with van der Waals surface area (Å²) in [4.78, 5) is 9.40. The molecule has 5 nitrogen and oxygen atoms in total. The van der Waals surface area contributed by atoms with E-state index in [9.17, 15) is 10.2 Å². The van der Waals surface area contributed by atoms with Gasteiger partial charge in [-0.2, -0.15) is 0 Å². The Kier molecular flexibility index (Phi) is 5.02. The van der Waals surface area contributed by atoms with Crippen LogP contribution in [0.4, 0.5) is 5.82 Å². The average Bonchev–Trinajstić information content (AvgIpc) is 3.21. The first kappa shape index (κ1) is 19.6. The van der Waals surface area contributed by atoms with Gasteiger partial charge in [0.25, 0.3) is 0 Å². The molecule has 30 heavy (non-hydrogen) atoms. The second kappa shape index (κ2) is 7.70. The van der Waals surface area contributed by atoms with Gasteiger partial charge in [-0.15, -0.1) is 6.42 Å². The minimum atomic E-state index is -1.08. The summed E-state index contributed by atoms with van der Waals surface area (Å²) in [6, 6.07) is 14.0. The summed E-state index contributed by atoms with van der Waals surface area (Å²) in [5.74, 6) is 3.91. The minimum Gasteiger partial charge on any atom is -0.391 e. The predicted octanol–water partition coefficient (Wildman–Crippen LogP) is 2.16. The number of hydrogen-bond acceptors (Lipinski definition) is 5. The molecule has 6 rings (SSSR count). The number of β-amino-alcohol motifs (C(OH)–C–C–N with tert-alkyl or cyclic N) is 1. The smallest absolute Gasteiger partial charge is 0.128 e. The molecule has 2 N–H and O–H groups in total. The molecule has 1 aromatic heterocycles. The largest absolute Gasteiger partial charge is 0.391 e. The highest BCUT2D eigenvalue weighted by Crippen LogP contribution is 2.47. The number of benzene rings is 1. The van der Waals surface area contributed by atoms with E-state index in [1.807, 2.05) is 30.3 Å². The average molecular weight is 404 g/mol. The van der Waals surface area contributed by atoms with Gasteiger partial charge in [0, 0.05) is 25.1 Å². The van der Waals surface area contributed by atoms with Crippen molar-refractivity contribution in [3.63, 3.8) is 0 Å². The normalized spacial score (nSPS) is 32.9. The molecule has 0 spiro atoms. The van der Waals surface area contributed by atoms with Crippen molar-refractivity contribution in [1.29, 1.82) is 0 Å². The summed E-state index contributed by atoms with van der Waals surface area (Å²) in [5, 5.41) is 22.0. The molecule has 5 heterocycles. The molecule has 4 aliphatic rings. The van der Waals surface area contributed by atoms with Crippen LogP contribution in [0.1, 0.15) is 36.1 Å². The summed E-state index contributed by atoms with van der Waals surface area (Å²) in [5.41, 5.74) is 1.83. The van der Waals surface area contributed by atoms with Gasteiger partial charge in [-0.3, -0.25) is 4.90 Å². The van der Waals surface area contributed by atoms with E-state index >= 15 is 0 Å². The highest BCUT2D eigenvalue weighted by molar-refractivity contribution is 5.47. The van der Waals surface area contributed by atoms with Crippen molar-refractivity contribution in [2.75, 3.05) is 31.1 Å². The number of nitrogens with zero attached hydrogens (tertiary/aromatic N) is 3. The molecular weight excluding hydrogens is 374 g/mol. The van der Waals surface area contributed by atoms with Gasteiger partial charge in [-0.1, -0.05) is 42.3 Å². The van der Waals surface area contributed by atoms with Crippen LogP contribution in [0, 0.1) is 18.3 Å². The van der Waals surface area contributed by atoms with Crippen LogP contribution in [0.2, 0.25) is 0 Å². The maximum absolute atomic E-state index is 12.1. The van der Waals surface area contributed by atoms with Gasteiger partial charge in [0.05, 0.1) is 11.8 Å². The number of hydrogen-bond donors (Lipinski definition) is 2. The molecule has 0 aliphatic carbocycles. The summed E-state index contributed by atoms with van der Waals surface area (Å²) in [6.07, 6.45) is 8.96. The lowest BCUT2D eigenvalue weighted by atomic mass is 9.66. The third-order valence-corrected chi connectivity index (χ3v) is 7.18. The Labute approximate surface area is 178 Å². The Morgan fingerprint density at radius 3 is 2.50 bits per heavy atom. The van der Waals surface area contributed by atoms with E-state index in [4.69, 9.17) is 11.4 Å². The van der Waals surface area contributed by atoms with Crippen LogP contribution in [0.25, 0.3) is 0 Å². The monoisotopic (exact) mass is 403 g/mol. The zero-order valence-corrected chi connectivity index (χ0v) is 17.2. The minimum absolute atomic E-state index is 0.152. The van der Waals surface area contributed by atoms with Crippen molar-refractivity contribution >= 4 is 5.82 Å². The van der Waals surface area contributed by atoms with Gasteiger partial charge >= 0.3 is 0 Å². The lowest BCUT2D eigenvalue weighted by Gasteiger charge is -2.54. The summed E-state index contributed by atoms with van der Waals surface area (Å²) >= 11 is 0. The van der Waals surface area contributed by atoms with Crippen molar-refractivity contribution in [2.45, 2.75) is 43.4 Å². The molecule has 0 radical (unpaired) electrons. The Bertz CT molecular complexity index is 949. The fourth-order valence-corrected chi connectivity index (χ4v) is 5.60. The highest BCUT2D eigenvalue weighted by Gasteiger charge is 2.54. The van der Waals surface area contributed by atoms with E-state index < -0.39 is 5.60 Å². The SMILES string of the molecule is C#CC1N2CCC(CC2)[C@@]1(O)c1ccc(N2CC[C@@H](O)C2)nc1Cc1ccccc1. The van der Waals surface area contributed by atoms with Crippen LogP contribution in [-0.2, 0) is 12.0 Å². The zero-order chi connectivity index (χ0) is 20.7. The molecule has 5 heteroatoms. The van der Waals surface area contributed by atoms with Crippen LogP contribution in [0.15, 0.2) is 42.5 Å². The number of aliphatic hydroxyl groups is 2. The van der Waals surface area contributed by atoms with Crippen molar-refractivity contribution < 1.29 is 10.2 Å². The highest BCUT2D eigenvalue weighted by atomic mass is 16.3. The topological polar surface area (TPSA) is 59.8 Å². The van der Waals surface area contributed by atoms with Crippen LogP contribution in [0.3, 0.4) is 0 Å². The molecule has 2 aromatic rings. The first-order valence-electron chi connectivity index (χ1n) is 11.0. The number of fused-ring (bicyclic) bond motifs is 3. The zero-order valence-electron chi connectivity index (χ0n) is 17.2. The maximum atomic E-state index is 12.1. The molecule has 4 aliphatic heterocycles. The van der Waals surface area contributed by atoms with E-state index in [1.165, 1.54) is 0 Å². The number of piperidine rings is 3. The van der Waals surface area contributed by atoms with Gasteiger partial charge < -0.3 is 15.1 Å². The van der Waals surface area contributed by atoms with E-state index in [-0.39, 0.29) is 18.1 Å². The molecule has 4 saturated heterocycles. The number of aromatic nitrogens is 1. The Balaban J connectivity index is 1.59. The van der Waals surface area contributed by atoms with E-state index in [2.05, 4.69) is 27.9 Å². The second-order valence-electron chi connectivity index (χ2n) is 8.92. The third kappa shape index (κ3) is 3.20. The lowest BCUT2D eigenvalue weighted by Crippen LogP contribution is -2.63. The third-order valence-electron chi connectivity index (χ3n) is 7.18. The Morgan fingerprint density at radius 2 is 1.83 bits per heavy atom. The second-order valence-corrected chi connectivity index (χ2v) is 8.92. The first-order valence-corrected chi connectivity index (χ1v) is 11.0. The van der Waals surface area contributed by atoms with Gasteiger partial charge in [-0.25, -0.2) is 4.98 Å². The van der Waals surface area contributed by atoms with Gasteiger partial charge in [0.1, 0.15) is 17.5 Å². The molecule has 156 valence electrons. The number of rotatable bonds is 4. The summed E-state index contributed by atoms with van der Waals surface area (Å²) in [6.45, 7) is 3.30. The Morgan fingerprint density at radius 1 is 1.07 bits per heavy atom. The molecule has 4 fully saturated rings. The van der Waals surface area contributed by atoms with Gasteiger partial charge in [0.15, 0.2) is 0 Å². The number of aliphatic hydroxyl groups excluding tert-OH is 1. The fourth-order valence-electron chi connectivity index (χ4n) is 5.60. The standard InChI is InChI=1S/C25H29N3O2/c1-2-23-25(30,19-10-13-27(23)14-11-19)21-8-9-24(28-15-12-20(29)17-28)26-22(21)16-18-6-4-3-5-7-18/h1,3-9,19-20,23,29-30H,10-17H2/t20-,23?,25-/m1/s1. The Hall–Kier alpha value is -2.39. The van der Waals surface area contributed by atoms with E-state index in [0.29, 0.717) is 13.0 Å². The van der Waals surface area contributed by atoms with Crippen molar-refractivity contribution in [3.8, 4) is 12.3 Å². The van der Waals surface area contributed by atoms with Crippen LogP contribution in [-0.4, -0.2) is 58.4 Å². The predicted molar refractivity (Wildman–Crippen MR) is 117 cm³/mol. The lowest BCUT2D eigenvalue weighted by molar-refractivity contribution is -0.143. The van der Waals surface area contributed by atoms with Gasteiger partial charge in [0.2, 0.25) is 0 Å². The van der Waals surface area contributed by atoms with E-state index in [1.54, 1.807) is 0 Å². The molecule has 0 saturated carbocycles. The quantitative estimate of drug-likeness (QED) is 0.767. The first-order chi connectivity index (χ1) is 14.6. The van der Waals surface area contributed by atoms with Crippen molar-refractivity contribution in [1.82, 2.24) is 9.88 Å².